The molecule has 68 valence electrons. The van der Waals surface area contributed by atoms with E-state index < -0.39 is 0 Å². The summed E-state index contributed by atoms with van der Waals surface area (Å²) < 4.78 is 0. The van der Waals surface area contributed by atoms with Crippen molar-refractivity contribution in [3.63, 3.8) is 0 Å². The second kappa shape index (κ2) is 4.55. The third-order valence-electron chi connectivity index (χ3n) is 1.81. The van der Waals surface area contributed by atoms with Gasteiger partial charge in [0.05, 0.1) is 12.4 Å². The lowest BCUT2D eigenvalue weighted by Crippen LogP contribution is -1.82. The molecule has 0 amide bonds. The van der Waals surface area contributed by atoms with E-state index in [0.29, 0.717) is 0 Å². The summed E-state index contributed by atoms with van der Waals surface area (Å²) in [5.41, 5.74) is 1.25. The van der Waals surface area contributed by atoms with Gasteiger partial charge in [-0.2, -0.15) is 10.2 Å². The minimum atomic E-state index is 1.15. The third kappa shape index (κ3) is 2.02. The van der Waals surface area contributed by atoms with E-state index >= 15 is 0 Å². The van der Waals surface area contributed by atoms with Crippen molar-refractivity contribution in [3.05, 3.63) is 36.2 Å². The lowest BCUT2D eigenvalue weighted by Gasteiger charge is -1.97. The summed E-state index contributed by atoms with van der Waals surface area (Å²) in [5.74, 6) is 0. The molecule has 2 nitrogen and oxygen atoms in total. The van der Waals surface area contributed by atoms with Crippen molar-refractivity contribution < 1.29 is 0 Å². The molecule has 0 spiro atoms. The topological polar surface area (TPSA) is 25.8 Å². The molecule has 0 bridgehead atoms. The van der Waals surface area contributed by atoms with E-state index in [-0.39, 0.29) is 0 Å². The van der Waals surface area contributed by atoms with E-state index in [1.807, 2.05) is 26.0 Å². The molecule has 1 aromatic carbocycles. The first-order chi connectivity index (χ1) is 6.38. The van der Waals surface area contributed by atoms with Gasteiger partial charge in [0.1, 0.15) is 0 Å². The molecule has 2 rings (SSSR count). The average Bonchev–Trinajstić information content (AvgIpc) is 2.22. The number of nitrogens with zero attached hydrogens (tertiary/aromatic N) is 2. The van der Waals surface area contributed by atoms with Crippen molar-refractivity contribution >= 4 is 10.8 Å². The Balaban J connectivity index is 0.000000396. The smallest absolute Gasteiger partial charge is 0.0577 e. The van der Waals surface area contributed by atoms with Gasteiger partial charge in [-0.25, -0.2) is 0 Å². The Kier molecular flexibility index (Phi) is 3.38. The highest BCUT2D eigenvalue weighted by molar-refractivity contribution is 5.83. The van der Waals surface area contributed by atoms with Crippen LogP contribution in [0.25, 0.3) is 10.8 Å². The largest absolute Gasteiger partial charge is 0.158 e. The molecule has 1 heterocycles. The van der Waals surface area contributed by atoms with Crippen LogP contribution in [0.15, 0.2) is 30.6 Å². The highest BCUT2D eigenvalue weighted by atomic mass is 15.1. The molecular formula is C11H14N2. The highest BCUT2D eigenvalue weighted by Crippen LogP contribution is 2.14. The number of benzene rings is 1. The standard InChI is InChI=1S/C9H8N2.C2H6/c1-7-3-2-4-8-5-10-11-6-9(7)8;1-2/h2-6H,1H3;1-2H3. The molecule has 0 saturated heterocycles. The Labute approximate surface area is 78.6 Å². The Morgan fingerprint density at radius 2 is 1.69 bits per heavy atom. The Morgan fingerprint density at radius 1 is 1.00 bits per heavy atom. The van der Waals surface area contributed by atoms with Crippen LogP contribution in [0, 0.1) is 6.92 Å². The van der Waals surface area contributed by atoms with Gasteiger partial charge >= 0.3 is 0 Å². The third-order valence-corrected chi connectivity index (χ3v) is 1.81. The Morgan fingerprint density at radius 3 is 2.38 bits per heavy atom. The molecule has 13 heavy (non-hydrogen) atoms. The van der Waals surface area contributed by atoms with Crippen molar-refractivity contribution in [3.8, 4) is 0 Å². The lowest BCUT2D eigenvalue weighted by molar-refractivity contribution is 1.05. The molecule has 2 heteroatoms. The monoisotopic (exact) mass is 174 g/mol. The summed E-state index contributed by atoms with van der Waals surface area (Å²) in [4.78, 5) is 0. The number of rotatable bonds is 0. The predicted molar refractivity (Wildman–Crippen MR) is 55.6 cm³/mol. The average molecular weight is 174 g/mol. The number of hydrogen-bond donors (Lipinski definition) is 0. The zero-order valence-electron chi connectivity index (χ0n) is 8.28. The van der Waals surface area contributed by atoms with Crippen molar-refractivity contribution in [1.82, 2.24) is 10.2 Å². The Bertz CT molecular complexity index is 377. The number of hydrogen-bond acceptors (Lipinski definition) is 2. The van der Waals surface area contributed by atoms with E-state index in [9.17, 15) is 0 Å². The molecule has 0 fully saturated rings. The van der Waals surface area contributed by atoms with Crippen LogP contribution >= 0.6 is 0 Å². The maximum atomic E-state index is 3.82. The molecule has 2 aromatic rings. The maximum Gasteiger partial charge on any atom is 0.0577 e. The normalized spacial score (nSPS) is 9.15. The van der Waals surface area contributed by atoms with Gasteiger partial charge in [0.2, 0.25) is 0 Å². The molecule has 0 unspecified atom stereocenters. The summed E-state index contributed by atoms with van der Waals surface area (Å²) in [6.45, 7) is 6.07. The van der Waals surface area contributed by atoms with Gasteiger partial charge in [-0.15, -0.1) is 0 Å². The summed E-state index contributed by atoms with van der Waals surface area (Å²) >= 11 is 0. The SMILES string of the molecule is CC.Cc1cccc2cnncc12. The molecular weight excluding hydrogens is 160 g/mol. The summed E-state index contributed by atoms with van der Waals surface area (Å²) in [6, 6.07) is 6.14. The molecule has 0 aliphatic heterocycles. The highest BCUT2D eigenvalue weighted by Gasteiger charge is 1.93. The van der Waals surface area contributed by atoms with Gasteiger partial charge in [0, 0.05) is 10.8 Å². The molecule has 0 aliphatic carbocycles. The van der Waals surface area contributed by atoms with Crippen LogP contribution in [0.1, 0.15) is 19.4 Å². The minimum Gasteiger partial charge on any atom is -0.158 e. The molecule has 1 aromatic heterocycles. The second-order valence-electron chi connectivity index (χ2n) is 2.57. The quantitative estimate of drug-likeness (QED) is 0.613. The minimum absolute atomic E-state index is 1.15. The first kappa shape index (κ1) is 9.65. The van der Waals surface area contributed by atoms with Crippen LogP contribution in [0.3, 0.4) is 0 Å². The first-order valence-electron chi connectivity index (χ1n) is 4.54. The zero-order chi connectivity index (χ0) is 9.68. The van der Waals surface area contributed by atoms with E-state index in [2.05, 4.69) is 23.2 Å². The van der Waals surface area contributed by atoms with Gasteiger partial charge < -0.3 is 0 Å². The summed E-state index contributed by atoms with van der Waals surface area (Å²) in [7, 11) is 0. The second-order valence-corrected chi connectivity index (χ2v) is 2.57. The van der Waals surface area contributed by atoms with Crippen LogP contribution in [0.2, 0.25) is 0 Å². The molecule has 0 aliphatic rings. The Hall–Kier alpha value is -1.44. The lowest BCUT2D eigenvalue weighted by atomic mass is 10.1. The van der Waals surface area contributed by atoms with Crippen molar-refractivity contribution in [2.24, 2.45) is 0 Å². The van der Waals surface area contributed by atoms with Gasteiger partial charge in [-0.1, -0.05) is 32.0 Å². The zero-order valence-corrected chi connectivity index (χ0v) is 8.28. The van der Waals surface area contributed by atoms with Crippen molar-refractivity contribution in [1.29, 1.82) is 0 Å². The van der Waals surface area contributed by atoms with Crippen molar-refractivity contribution in [2.45, 2.75) is 20.8 Å². The van der Waals surface area contributed by atoms with E-state index in [0.717, 1.165) is 5.39 Å². The van der Waals surface area contributed by atoms with Gasteiger partial charge in [0.25, 0.3) is 0 Å². The van der Waals surface area contributed by atoms with E-state index in [4.69, 9.17) is 0 Å². The van der Waals surface area contributed by atoms with E-state index in [1.165, 1.54) is 10.9 Å². The number of aryl methyl sites for hydroxylation is 1. The fourth-order valence-electron chi connectivity index (χ4n) is 1.18. The van der Waals surface area contributed by atoms with Crippen LogP contribution < -0.4 is 0 Å². The van der Waals surface area contributed by atoms with Crippen LogP contribution in [-0.2, 0) is 0 Å². The van der Waals surface area contributed by atoms with Crippen molar-refractivity contribution in [2.75, 3.05) is 0 Å². The van der Waals surface area contributed by atoms with Gasteiger partial charge in [0.15, 0.2) is 0 Å². The van der Waals surface area contributed by atoms with Crippen LogP contribution in [-0.4, -0.2) is 10.2 Å². The fourth-order valence-corrected chi connectivity index (χ4v) is 1.18. The fraction of sp³-hybridized carbons (Fsp3) is 0.273. The van der Waals surface area contributed by atoms with Gasteiger partial charge in [-0.05, 0) is 12.5 Å². The summed E-state index contributed by atoms with van der Waals surface area (Å²) in [6.07, 6.45) is 3.58. The van der Waals surface area contributed by atoms with E-state index in [1.54, 1.807) is 12.4 Å². The van der Waals surface area contributed by atoms with Gasteiger partial charge in [-0.3, -0.25) is 0 Å². The first-order valence-corrected chi connectivity index (χ1v) is 4.54. The van der Waals surface area contributed by atoms with Crippen LogP contribution in [0.4, 0.5) is 0 Å². The molecule has 0 saturated carbocycles. The number of aromatic nitrogens is 2. The summed E-state index contributed by atoms with van der Waals surface area (Å²) in [5, 5.41) is 9.96. The maximum absolute atomic E-state index is 3.82. The number of fused-ring (bicyclic) bond motifs is 1. The molecule has 0 N–H and O–H groups in total. The van der Waals surface area contributed by atoms with Crippen LogP contribution in [0.5, 0.6) is 0 Å². The predicted octanol–water partition coefficient (Wildman–Crippen LogP) is 2.96. The molecule has 0 atom stereocenters. The molecule has 0 radical (unpaired) electrons.